The van der Waals surface area contributed by atoms with Crippen LogP contribution in [0.15, 0.2) is 0 Å². The third kappa shape index (κ3) is 3.02. The lowest BCUT2D eigenvalue weighted by atomic mass is 10.7. The van der Waals surface area contributed by atoms with Gasteiger partial charge in [0.1, 0.15) is 0 Å². The third-order valence-corrected chi connectivity index (χ3v) is 1.13. The van der Waals surface area contributed by atoms with E-state index in [0.29, 0.717) is 0 Å². The first-order chi connectivity index (χ1) is 4.67. The second-order valence-corrected chi connectivity index (χ2v) is 2.64. The van der Waals surface area contributed by atoms with Crippen LogP contribution < -0.4 is 0 Å². The summed E-state index contributed by atoms with van der Waals surface area (Å²) in [4.78, 5) is 9.57. The van der Waals surface area contributed by atoms with Gasteiger partial charge in [-0.1, -0.05) is 0 Å². The topological polar surface area (TPSA) is 46.5 Å². The van der Waals surface area contributed by atoms with Gasteiger partial charge in [0.15, 0.2) is 0 Å². The highest BCUT2D eigenvalue weighted by Crippen LogP contribution is 2.40. The zero-order chi connectivity index (χ0) is 9.28. The van der Waals surface area contributed by atoms with Gasteiger partial charge in [-0.2, -0.15) is 13.2 Å². The monoisotopic (exact) mass is 212 g/mol. The first-order valence-corrected chi connectivity index (χ1v) is 2.79. The molecule has 0 bridgehead atoms. The standard InChI is InChI=1S/C3HCl2F3O3/c4-2(5,3(6,7)8)11-1(9)10/h(H,9,10). The maximum atomic E-state index is 11.5. The molecule has 8 heteroatoms. The summed E-state index contributed by atoms with van der Waals surface area (Å²) in [5.74, 6) is 0. The van der Waals surface area contributed by atoms with Gasteiger partial charge in [-0.3, -0.25) is 0 Å². The van der Waals surface area contributed by atoms with Gasteiger partial charge in [0, 0.05) is 0 Å². The largest absolute Gasteiger partial charge is 0.508 e. The maximum Gasteiger partial charge on any atom is 0.508 e. The van der Waals surface area contributed by atoms with Crippen LogP contribution in [0.3, 0.4) is 0 Å². The van der Waals surface area contributed by atoms with Crippen LogP contribution in [-0.2, 0) is 4.74 Å². The Kier molecular flexibility index (Phi) is 2.85. The molecule has 0 aliphatic rings. The lowest BCUT2D eigenvalue weighted by Gasteiger charge is -2.20. The molecular weight excluding hydrogens is 212 g/mol. The van der Waals surface area contributed by atoms with Crippen molar-refractivity contribution in [1.82, 2.24) is 0 Å². The number of rotatable bonds is 1. The molecule has 11 heavy (non-hydrogen) atoms. The van der Waals surface area contributed by atoms with E-state index in [0.717, 1.165) is 0 Å². The number of ether oxygens (including phenoxy) is 1. The van der Waals surface area contributed by atoms with Crippen LogP contribution >= 0.6 is 23.2 Å². The Morgan fingerprint density at radius 2 is 1.73 bits per heavy atom. The Balaban J connectivity index is 4.34. The summed E-state index contributed by atoms with van der Waals surface area (Å²) in [5, 5.41) is 7.72. The smallest absolute Gasteiger partial charge is 0.450 e. The van der Waals surface area contributed by atoms with Crippen molar-refractivity contribution in [2.24, 2.45) is 0 Å². The molecule has 1 N–H and O–H groups in total. The first kappa shape index (κ1) is 10.6. The number of carbonyl (C=O) groups is 1. The average molecular weight is 213 g/mol. The number of alkyl halides is 5. The molecule has 0 radical (unpaired) electrons. The molecule has 0 fully saturated rings. The summed E-state index contributed by atoms with van der Waals surface area (Å²) >= 11 is 8.89. The zero-order valence-electron chi connectivity index (χ0n) is 4.65. The summed E-state index contributed by atoms with van der Waals surface area (Å²) < 4.78 is 34.1. The van der Waals surface area contributed by atoms with Gasteiger partial charge in [0.2, 0.25) is 0 Å². The van der Waals surface area contributed by atoms with Gasteiger partial charge in [0.05, 0.1) is 0 Å². The maximum absolute atomic E-state index is 11.5. The predicted molar refractivity (Wildman–Crippen MR) is 29.6 cm³/mol. The van der Waals surface area contributed by atoms with Gasteiger partial charge in [-0.05, 0) is 23.2 Å². The Bertz CT molecular complexity index is 166. The average Bonchev–Trinajstić information content (AvgIpc) is 1.56. The lowest BCUT2D eigenvalue weighted by molar-refractivity contribution is -0.197. The summed E-state index contributed by atoms with van der Waals surface area (Å²) in [6.07, 6.45) is -7.35. The van der Waals surface area contributed by atoms with Crippen LogP contribution in [0.1, 0.15) is 0 Å². The first-order valence-electron chi connectivity index (χ1n) is 2.03. The van der Waals surface area contributed by atoms with Crippen molar-refractivity contribution < 1.29 is 27.8 Å². The fourth-order valence-corrected chi connectivity index (χ4v) is 0.300. The van der Waals surface area contributed by atoms with Crippen molar-refractivity contribution >= 4 is 29.4 Å². The Hall–Kier alpha value is -0.360. The molecule has 66 valence electrons. The molecule has 0 spiro atoms. The molecular formula is C3HCl2F3O3. The normalized spacial score (nSPS) is 12.8. The van der Waals surface area contributed by atoms with Crippen molar-refractivity contribution in [1.29, 1.82) is 0 Å². The molecule has 0 saturated heterocycles. The van der Waals surface area contributed by atoms with Crippen LogP contribution in [0.2, 0.25) is 0 Å². The molecule has 0 heterocycles. The number of hydrogen-bond donors (Lipinski definition) is 1. The molecule has 0 saturated carbocycles. The number of carboxylic acid groups (broad SMARTS) is 1. The summed E-state index contributed by atoms with van der Waals surface area (Å²) in [6, 6.07) is 0. The minimum absolute atomic E-state index is 2.20. The number of hydrogen-bond acceptors (Lipinski definition) is 2. The molecule has 0 unspecified atom stereocenters. The van der Waals surface area contributed by atoms with Crippen LogP contribution in [0.5, 0.6) is 0 Å². The van der Waals surface area contributed by atoms with Gasteiger partial charge < -0.3 is 9.84 Å². The van der Waals surface area contributed by atoms with Crippen LogP contribution in [0, 0.1) is 0 Å². The third-order valence-electron chi connectivity index (χ3n) is 0.546. The Morgan fingerprint density at radius 3 is 1.82 bits per heavy atom. The summed E-state index contributed by atoms with van der Waals surface area (Å²) in [5.41, 5.74) is 0. The Labute approximate surface area is 68.6 Å². The molecule has 0 atom stereocenters. The summed E-state index contributed by atoms with van der Waals surface area (Å²) in [7, 11) is 0. The van der Waals surface area contributed by atoms with E-state index in [4.69, 9.17) is 5.11 Å². The second kappa shape index (κ2) is 2.94. The fraction of sp³-hybridized carbons (Fsp3) is 0.667. The predicted octanol–water partition coefficient (Wildman–Crippen LogP) is 2.37. The molecule has 0 aromatic rings. The lowest BCUT2D eigenvalue weighted by Crippen LogP contribution is -2.38. The molecule has 0 aliphatic heterocycles. The van der Waals surface area contributed by atoms with Crippen LogP contribution in [0.25, 0.3) is 0 Å². The molecule has 0 aliphatic carbocycles. The fourth-order valence-electron chi connectivity index (χ4n) is 0.168. The van der Waals surface area contributed by atoms with E-state index < -0.39 is 16.9 Å². The summed E-state index contributed by atoms with van der Waals surface area (Å²) in [6.45, 7) is 0. The number of halogens is 5. The SMILES string of the molecule is O=C(O)OC(Cl)(Cl)C(F)(F)F. The molecule has 0 aromatic heterocycles. The minimum atomic E-state index is -5.14. The van der Waals surface area contributed by atoms with E-state index in [1.165, 1.54) is 0 Å². The molecule has 3 nitrogen and oxygen atoms in total. The highest BCUT2D eigenvalue weighted by atomic mass is 35.5. The second-order valence-electron chi connectivity index (χ2n) is 1.38. The quantitative estimate of drug-likeness (QED) is 0.537. The van der Waals surface area contributed by atoms with Gasteiger partial charge in [-0.15, -0.1) is 0 Å². The van der Waals surface area contributed by atoms with E-state index >= 15 is 0 Å². The van der Waals surface area contributed by atoms with E-state index in [2.05, 4.69) is 27.9 Å². The van der Waals surface area contributed by atoms with E-state index in [-0.39, 0.29) is 0 Å². The van der Waals surface area contributed by atoms with Gasteiger partial charge in [0.25, 0.3) is 0 Å². The van der Waals surface area contributed by atoms with Crippen molar-refractivity contribution in [2.75, 3.05) is 0 Å². The van der Waals surface area contributed by atoms with Crippen LogP contribution in [0.4, 0.5) is 18.0 Å². The van der Waals surface area contributed by atoms with Gasteiger partial charge in [-0.25, -0.2) is 4.79 Å². The van der Waals surface area contributed by atoms with Crippen molar-refractivity contribution in [2.45, 2.75) is 10.7 Å². The Morgan fingerprint density at radius 1 is 1.36 bits per heavy atom. The van der Waals surface area contributed by atoms with Crippen LogP contribution in [-0.4, -0.2) is 22.0 Å². The van der Waals surface area contributed by atoms with E-state index in [9.17, 15) is 18.0 Å². The minimum Gasteiger partial charge on any atom is -0.450 e. The van der Waals surface area contributed by atoms with Crippen molar-refractivity contribution in [3.63, 3.8) is 0 Å². The highest BCUT2D eigenvalue weighted by Gasteiger charge is 2.57. The van der Waals surface area contributed by atoms with Gasteiger partial charge >= 0.3 is 16.9 Å². The van der Waals surface area contributed by atoms with E-state index in [1.54, 1.807) is 0 Å². The highest BCUT2D eigenvalue weighted by molar-refractivity contribution is 6.48. The van der Waals surface area contributed by atoms with Crippen molar-refractivity contribution in [3.8, 4) is 0 Å². The van der Waals surface area contributed by atoms with E-state index in [1.807, 2.05) is 0 Å². The molecule has 0 rings (SSSR count). The molecule has 0 aromatic carbocycles. The molecule has 0 amide bonds. The van der Waals surface area contributed by atoms with Crippen molar-refractivity contribution in [3.05, 3.63) is 0 Å². The zero-order valence-corrected chi connectivity index (χ0v) is 6.17.